The quantitative estimate of drug-likeness (QED) is 0.524. The van der Waals surface area contributed by atoms with Gasteiger partial charge in [0, 0.05) is 12.6 Å². The van der Waals surface area contributed by atoms with Gasteiger partial charge in [-0.25, -0.2) is 4.98 Å². The summed E-state index contributed by atoms with van der Waals surface area (Å²) in [6.45, 7) is 0. The van der Waals surface area contributed by atoms with Crippen molar-refractivity contribution in [2.24, 2.45) is 0 Å². The molecule has 3 heteroatoms. The van der Waals surface area contributed by atoms with Gasteiger partial charge >= 0.3 is 0 Å². The van der Waals surface area contributed by atoms with E-state index in [9.17, 15) is 4.79 Å². The Balaban J connectivity index is 2.29. The Labute approximate surface area is 87.6 Å². The van der Waals surface area contributed by atoms with Gasteiger partial charge in [0.2, 0.25) is 0 Å². The van der Waals surface area contributed by atoms with E-state index in [0.29, 0.717) is 11.6 Å². The number of ketones is 1. The van der Waals surface area contributed by atoms with Crippen LogP contribution in [0.1, 0.15) is 24.3 Å². The van der Waals surface area contributed by atoms with Crippen LogP contribution in [0.15, 0.2) is 30.5 Å². The average Bonchev–Trinajstić information content (AvgIpc) is 2.20. The van der Waals surface area contributed by atoms with Crippen LogP contribution >= 0.6 is 11.6 Å². The predicted octanol–water partition coefficient (Wildman–Crippen LogP) is 2.74. The molecule has 2 rings (SSSR count). The van der Waals surface area contributed by atoms with Gasteiger partial charge in [-0.1, -0.05) is 29.8 Å². The van der Waals surface area contributed by atoms with Crippen molar-refractivity contribution in [1.82, 2.24) is 4.98 Å². The topological polar surface area (TPSA) is 30.0 Å². The predicted molar refractivity (Wildman–Crippen MR) is 55.4 cm³/mol. The highest BCUT2D eigenvalue weighted by Crippen LogP contribution is 2.24. The lowest BCUT2D eigenvalue weighted by atomic mass is 9.89. The van der Waals surface area contributed by atoms with Crippen LogP contribution in [0.2, 0.25) is 5.15 Å². The third-order valence-electron chi connectivity index (χ3n) is 2.34. The lowest BCUT2D eigenvalue weighted by Gasteiger charge is -2.14. The van der Waals surface area contributed by atoms with Crippen molar-refractivity contribution in [2.45, 2.75) is 18.8 Å². The van der Waals surface area contributed by atoms with Crippen molar-refractivity contribution in [3.8, 4) is 0 Å². The Bertz CT molecular complexity index is 369. The van der Waals surface area contributed by atoms with Crippen molar-refractivity contribution < 1.29 is 4.79 Å². The Morgan fingerprint density at radius 3 is 2.93 bits per heavy atom. The molecular weight excluding hydrogens is 198 g/mol. The standard InChI is InChI=1S/C11H10ClNO/c12-11-6-5-8(7-13-11)9-3-1-2-4-10(9)14/h1,3,5-7,9H,2,4H2. The molecule has 1 heterocycles. The molecule has 2 nitrogen and oxygen atoms in total. The van der Waals surface area contributed by atoms with E-state index in [-0.39, 0.29) is 11.7 Å². The lowest BCUT2D eigenvalue weighted by Crippen LogP contribution is -2.13. The molecule has 1 atom stereocenters. The average molecular weight is 208 g/mol. The van der Waals surface area contributed by atoms with E-state index in [4.69, 9.17) is 11.6 Å². The largest absolute Gasteiger partial charge is 0.299 e. The summed E-state index contributed by atoms with van der Waals surface area (Å²) in [6, 6.07) is 3.57. The van der Waals surface area contributed by atoms with Crippen LogP contribution in [0.3, 0.4) is 0 Å². The highest BCUT2D eigenvalue weighted by Gasteiger charge is 2.19. The van der Waals surface area contributed by atoms with E-state index in [1.807, 2.05) is 18.2 Å². The number of allylic oxidation sites excluding steroid dienone is 2. The molecule has 0 amide bonds. The molecule has 1 unspecified atom stereocenters. The number of hydrogen-bond donors (Lipinski definition) is 0. The molecule has 0 bridgehead atoms. The molecule has 0 spiro atoms. The van der Waals surface area contributed by atoms with E-state index in [1.165, 1.54) is 0 Å². The van der Waals surface area contributed by atoms with Crippen LogP contribution in [0, 0.1) is 0 Å². The summed E-state index contributed by atoms with van der Waals surface area (Å²) in [5.41, 5.74) is 0.926. The summed E-state index contributed by atoms with van der Waals surface area (Å²) in [4.78, 5) is 15.5. The number of nitrogens with zero attached hydrogens (tertiary/aromatic N) is 1. The van der Waals surface area contributed by atoms with Crippen LogP contribution in [-0.2, 0) is 4.79 Å². The fourth-order valence-electron chi connectivity index (χ4n) is 1.59. The minimum absolute atomic E-state index is 0.117. The minimum Gasteiger partial charge on any atom is -0.299 e. The van der Waals surface area contributed by atoms with Crippen LogP contribution in [0.5, 0.6) is 0 Å². The number of halogens is 1. The number of carbonyl (C=O) groups excluding carboxylic acids is 1. The molecule has 0 N–H and O–H groups in total. The third-order valence-corrected chi connectivity index (χ3v) is 2.57. The van der Waals surface area contributed by atoms with E-state index in [1.54, 1.807) is 12.3 Å². The molecule has 0 fully saturated rings. The summed E-state index contributed by atoms with van der Waals surface area (Å²) in [5, 5.41) is 0.459. The number of hydrogen-bond acceptors (Lipinski definition) is 2. The maximum Gasteiger partial charge on any atom is 0.144 e. The van der Waals surface area contributed by atoms with Gasteiger partial charge in [-0.15, -0.1) is 0 Å². The number of carbonyl (C=O) groups is 1. The molecule has 14 heavy (non-hydrogen) atoms. The summed E-state index contributed by atoms with van der Waals surface area (Å²) in [6.07, 6.45) is 7.14. The van der Waals surface area contributed by atoms with Crippen molar-refractivity contribution in [3.63, 3.8) is 0 Å². The molecule has 0 aromatic carbocycles. The van der Waals surface area contributed by atoms with Gasteiger partial charge in [0.1, 0.15) is 10.9 Å². The number of rotatable bonds is 1. The maximum absolute atomic E-state index is 11.6. The first kappa shape index (κ1) is 9.41. The smallest absolute Gasteiger partial charge is 0.144 e. The normalized spacial score (nSPS) is 21.2. The first-order chi connectivity index (χ1) is 6.77. The van der Waals surface area contributed by atoms with Crippen LogP contribution in [-0.4, -0.2) is 10.8 Å². The van der Waals surface area contributed by atoms with Gasteiger partial charge < -0.3 is 0 Å². The molecule has 0 saturated heterocycles. The maximum atomic E-state index is 11.6. The van der Waals surface area contributed by atoms with Gasteiger partial charge in [-0.05, 0) is 18.1 Å². The Morgan fingerprint density at radius 2 is 2.29 bits per heavy atom. The summed E-state index contributed by atoms with van der Waals surface area (Å²) >= 11 is 5.67. The van der Waals surface area contributed by atoms with Gasteiger partial charge in [-0.2, -0.15) is 0 Å². The number of aromatic nitrogens is 1. The molecule has 0 saturated carbocycles. The lowest BCUT2D eigenvalue weighted by molar-refractivity contribution is -0.119. The first-order valence-corrected chi connectivity index (χ1v) is 4.96. The molecule has 0 aliphatic heterocycles. The fraction of sp³-hybridized carbons (Fsp3) is 0.273. The third kappa shape index (κ3) is 1.85. The Kier molecular flexibility index (Phi) is 2.64. The van der Waals surface area contributed by atoms with Crippen molar-refractivity contribution in [1.29, 1.82) is 0 Å². The van der Waals surface area contributed by atoms with Gasteiger partial charge in [0.15, 0.2) is 0 Å². The zero-order valence-corrected chi connectivity index (χ0v) is 8.37. The molecule has 0 radical (unpaired) electrons. The van der Waals surface area contributed by atoms with Crippen LogP contribution < -0.4 is 0 Å². The van der Waals surface area contributed by atoms with Gasteiger partial charge in [0.05, 0.1) is 5.92 Å². The second-order valence-electron chi connectivity index (χ2n) is 3.33. The number of Topliss-reactive ketones (excluding diaryl/α,β-unsaturated/α-hetero) is 1. The second kappa shape index (κ2) is 3.93. The molecular formula is C11H10ClNO. The Hall–Kier alpha value is -1.15. The second-order valence-corrected chi connectivity index (χ2v) is 3.71. The fourth-order valence-corrected chi connectivity index (χ4v) is 1.70. The SMILES string of the molecule is O=C1CCC=CC1c1ccc(Cl)nc1. The zero-order chi connectivity index (χ0) is 9.97. The zero-order valence-electron chi connectivity index (χ0n) is 7.61. The molecule has 1 aliphatic carbocycles. The number of pyridine rings is 1. The molecule has 1 aromatic rings. The Morgan fingerprint density at radius 1 is 1.43 bits per heavy atom. The highest BCUT2D eigenvalue weighted by atomic mass is 35.5. The molecule has 1 aliphatic rings. The van der Waals surface area contributed by atoms with E-state index in [2.05, 4.69) is 4.98 Å². The molecule has 72 valence electrons. The van der Waals surface area contributed by atoms with Crippen LogP contribution in [0.25, 0.3) is 0 Å². The van der Waals surface area contributed by atoms with Gasteiger partial charge in [0.25, 0.3) is 0 Å². The summed E-state index contributed by atoms with van der Waals surface area (Å²) in [5.74, 6) is 0.144. The minimum atomic E-state index is -0.117. The van der Waals surface area contributed by atoms with Gasteiger partial charge in [-0.3, -0.25) is 4.79 Å². The van der Waals surface area contributed by atoms with E-state index < -0.39 is 0 Å². The van der Waals surface area contributed by atoms with Crippen molar-refractivity contribution in [3.05, 3.63) is 41.2 Å². The van der Waals surface area contributed by atoms with E-state index in [0.717, 1.165) is 12.0 Å². The summed E-state index contributed by atoms with van der Waals surface area (Å²) < 4.78 is 0. The summed E-state index contributed by atoms with van der Waals surface area (Å²) in [7, 11) is 0. The monoisotopic (exact) mass is 207 g/mol. The molecule has 1 aromatic heterocycles. The van der Waals surface area contributed by atoms with Crippen molar-refractivity contribution >= 4 is 17.4 Å². The van der Waals surface area contributed by atoms with Crippen molar-refractivity contribution in [2.75, 3.05) is 0 Å². The first-order valence-electron chi connectivity index (χ1n) is 4.58. The van der Waals surface area contributed by atoms with E-state index >= 15 is 0 Å². The highest BCUT2D eigenvalue weighted by molar-refractivity contribution is 6.29. The van der Waals surface area contributed by atoms with Crippen LogP contribution in [0.4, 0.5) is 0 Å².